The lowest BCUT2D eigenvalue weighted by Crippen LogP contribution is -2.52. The topological polar surface area (TPSA) is 109 Å². The molecule has 0 radical (unpaired) electrons. The molecule has 2 aromatic heterocycles. The number of amides is 2. The van der Waals surface area contributed by atoms with Crippen LogP contribution in [0, 0.1) is 0 Å². The van der Waals surface area contributed by atoms with Crippen LogP contribution in [0.25, 0.3) is 0 Å². The number of carboxylic acids is 1. The second-order valence-corrected chi connectivity index (χ2v) is 4.74. The van der Waals surface area contributed by atoms with Crippen molar-refractivity contribution in [3.63, 3.8) is 0 Å². The Bertz CT molecular complexity index is 634. The SMILES string of the molecule is Cn1cc(CNC(=O)NC(C)(C(=O)O)c2ccco2)cn1. The summed E-state index contributed by atoms with van der Waals surface area (Å²) in [7, 11) is 1.77. The number of furan rings is 1. The van der Waals surface area contributed by atoms with E-state index < -0.39 is 17.5 Å². The largest absolute Gasteiger partial charge is 0.479 e. The predicted octanol–water partition coefficient (Wildman–Crippen LogP) is 0.812. The van der Waals surface area contributed by atoms with Crippen LogP contribution in [0.4, 0.5) is 4.79 Å². The Morgan fingerprint density at radius 1 is 1.52 bits per heavy atom. The fourth-order valence-corrected chi connectivity index (χ4v) is 1.80. The highest BCUT2D eigenvalue weighted by Crippen LogP contribution is 2.21. The highest BCUT2D eigenvalue weighted by molar-refractivity contribution is 5.86. The van der Waals surface area contributed by atoms with Crippen molar-refractivity contribution < 1.29 is 19.1 Å². The number of hydrogen-bond acceptors (Lipinski definition) is 4. The van der Waals surface area contributed by atoms with Crippen LogP contribution in [0.1, 0.15) is 18.2 Å². The molecule has 0 bridgehead atoms. The van der Waals surface area contributed by atoms with Crippen molar-refractivity contribution in [2.24, 2.45) is 7.05 Å². The quantitative estimate of drug-likeness (QED) is 0.755. The lowest BCUT2D eigenvalue weighted by atomic mass is 9.99. The number of urea groups is 1. The minimum Gasteiger partial charge on any atom is -0.479 e. The van der Waals surface area contributed by atoms with Gasteiger partial charge in [-0.2, -0.15) is 5.10 Å². The van der Waals surface area contributed by atoms with Crippen LogP contribution in [0.2, 0.25) is 0 Å². The van der Waals surface area contributed by atoms with Crippen molar-refractivity contribution in [2.75, 3.05) is 0 Å². The third kappa shape index (κ3) is 3.22. The number of aryl methyl sites for hydroxylation is 1. The van der Waals surface area contributed by atoms with Gasteiger partial charge < -0.3 is 20.2 Å². The molecular formula is C13H16N4O4. The molecule has 3 N–H and O–H groups in total. The first-order chi connectivity index (χ1) is 9.91. The number of hydrogen-bond donors (Lipinski definition) is 3. The maximum atomic E-state index is 11.9. The fraction of sp³-hybridized carbons (Fsp3) is 0.308. The van der Waals surface area contributed by atoms with Crippen molar-refractivity contribution in [3.05, 3.63) is 42.1 Å². The molecule has 8 nitrogen and oxygen atoms in total. The lowest BCUT2D eigenvalue weighted by molar-refractivity contribution is -0.144. The molecule has 2 heterocycles. The van der Waals surface area contributed by atoms with Crippen LogP contribution < -0.4 is 10.6 Å². The Morgan fingerprint density at radius 2 is 2.29 bits per heavy atom. The van der Waals surface area contributed by atoms with Gasteiger partial charge in [-0.25, -0.2) is 9.59 Å². The third-order valence-electron chi connectivity index (χ3n) is 3.02. The smallest absolute Gasteiger partial charge is 0.337 e. The first-order valence-corrected chi connectivity index (χ1v) is 6.23. The molecule has 0 aliphatic heterocycles. The fourth-order valence-electron chi connectivity index (χ4n) is 1.80. The molecule has 0 fully saturated rings. The number of nitrogens with one attached hydrogen (secondary N) is 2. The summed E-state index contributed by atoms with van der Waals surface area (Å²) in [6.45, 7) is 1.60. The van der Waals surface area contributed by atoms with Crippen molar-refractivity contribution >= 4 is 12.0 Å². The summed E-state index contributed by atoms with van der Waals surface area (Å²) >= 11 is 0. The maximum absolute atomic E-state index is 11.9. The van der Waals surface area contributed by atoms with Crippen LogP contribution in [-0.2, 0) is 23.9 Å². The molecule has 112 valence electrons. The standard InChI is InChI=1S/C13H16N4O4/c1-13(11(18)19,10-4-3-5-21-10)16-12(20)14-6-9-7-15-17(2)8-9/h3-5,7-8H,6H2,1-2H3,(H,18,19)(H2,14,16,20). The molecule has 1 unspecified atom stereocenters. The predicted molar refractivity (Wildman–Crippen MR) is 72.3 cm³/mol. The first kappa shape index (κ1) is 14.6. The van der Waals surface area contributed by atoms with Gasteiger partial charge in [-0.1, -0.05) is 0 Å². The number of nitrogens with zero attached hydrogens (tertiary/aromatic N) is 2. The van der Waals surface area contributed by atoms with E-state index in [2.05, 4.69) is 15.7 Å². The average Bonchev–Trinajstić information content (AvgIpc) is 3.07. The molecule has 0 aromatic carbocycles. The van der Waals surface area contributed by atoms with Gasteiger partial charge >= 0.3 is 12.0 Å². The molecule has 2 aromatic rings. The van der Waals surface area contributed by atoms with E-state index in [1.54, 1.807) is 30.2 Å². The van der Waals surface area contributed by atoms with E-state index in [1.807, 2.05) is 0 Å². The number of rotatable bonds is 5. The number of carbonyl (C=O) groups is 2. The van der Waals surface area contributed by atoms with Gasteiger partial charge in [0.05, 0.1) is 12.5 Å². The van der Waals surface area contributed by atoms with Gasteiger partial charge in [0, 0.05) is 25.4 Å². The summed E-state index contributed by atoms with van der Waals surface area (Å²) in [6.07, 6.45) is 4.72. The third-order valence-corrected chi connectivity index (χ3v) is 3.02. The van der Waals surface area contributed by atoms with Crippen LogP contribution >= 0.6 is 0 Å². The van der Waals surface area contributed by atoms with Crippen molar-refractivity contribution in [1.29, 1.82) is 0 Å². The van der Waals surface area contributed by atoms with E-state index in [9.17, 15) is 14.7 Å². The zero-order chi connectivity index (χ0) is 15.5. The summed E-state index contributed by atoms with van der Waals surface area (Å²) in [6, 6.07) is 2.45. The minimum absolute atomic E-state index is 0.145. The monoisotopic (exact) mass is 292 g/mol. The highest BCUT2D eigenvalue weighted by atomic mass is 16.4. The Kier molecular flexibility index (Phi) is 3.97. The van der Waals surface area contributed by atoms with E-state index in [0.717, 1.165) is 5.56 Å². The Morgan fingerprint density at radius 3 is 2.81 bits per heavy atom. The summed E-state index contributed by atoms with van der Waals surface area (Å²) in [5.74, 6) is -1.07. The van der Waals surface area contributed by atoms with Crippen LogP contribution in [0.5, 0.6) is 0 Å². The Labute approximate surface area is 120 Å². The van der Waals surface area contributed by atoms with Crippen molar-refractivity contribution in [3.8, 4) is 0 Å². The maximum Gasteiger partial charge on any atom is 0.337 e. The number of aromatic nitrogens is 2. The van der Waals surface area contributed by atoms with E-state index in [4.69, 9.17) is 4.42 Å². The van der Waals surface area contributed by atoms with Crippen LogP contribution in [0.3, 0.4) is 0 Å². The van der Waals surface area contributed by atoms with Gasteiger partial charge in [-0.15, -0.1) is 0 Å². The zero-order valence-electron chi connectivity index (χ0n) is 11.7. The molecule has 0 saturated carbocycles. The number of carbonyl (C=O) groups excluding carboxylic acids is 1. The van der Waals surface area contributed by atoms with Gasteiger partial charge in [0.2, 0.25) is 0 Å². The molecule has 0 spiro atoms. The number of aliphatic carboxylic acids is 1. The Hall–Kier alpha value is -2.77. The molecule has 21 heavy (non-hydrogen) atoms. The van der Waals surface area contributed by atoms with Crippen LogP contribution in [-0.4, -0.2) is 26.9 Å². The van der Waals surface area contributed by atoms with E-state index >= 15 is 0 Å². The summed E-state index contributed by atoms with van der Waals surface area (Å²) in [5, 5.41) is 18.3. The molecule has 1 atom stereocenters. The van der Waals surface area contributed by atoms with Crippen LogP contribution in [0.15, 0.2) is 35.2 Å². The van der Waals surface area contributed by atoms with E-state index in [1.165, 1.54) is 19.3 Å². The zero-order valence-corrected chi connectivity index (χ0v) is 11.7. The molecule has 0 saturated heterocycles. The van der Waals surface area contributed by atoms with Gasteiger partial charge in [0.1, 0.15) is 5.76 Å². The summed E-state index contributed by atoms with van der Waals surface area (Å²) in [5.41, 5.74) is -0.828. The van der Waals surface area contributed by atoms with Crippen molar-refractivity contribution in [2.45, 2.75) is 19.0 Å². The van der Waals surface area contributed by atoms with Gasteiger partial charge in [0.25, 0.3) is 0 Å². The molecule has 0 aliphatic rings. The molecule has 8 heteroatoms. The summed E-state index contributed by atoms with van der Waals surface area (Å²) < 4.78 is 6.70. The summed E-state index contributed by atoms with van der Waals surface area (Å²) in [4.78, 5) is 23.3. The van der Waals surface area contributed by atoms with Gasteiger partial charge in [0.15, 0.2) is 5.54 Å². The minimum atomic E-state index is -1.64. The molecule has 0 aliphatic carbocycles. The number of carboxylic acid groups (broad SMARTS) is 1. The molecule has 2 amide bonds. The first-order valence-electron chi connectivity index (χ1n) is 6.23. The van der Waals surface area contributed by atoms with Crippen molar-refractivity contribution in [1.82, 2.24) is 20.4 Å². The van der Waals surface area contributed by atoms with E-state index in [-0.39, 0.29) is 12.3 Å². The average molecular weight is 292 g/mol. The second kappa shape index (κ2) is 5.70. The van der Waals surface area contributed by atoms with Gasteiger partial charge in [-0.3, -0.25) is 4.68 Å². The lowest BCUT2D eigenvalue weighted by Gasteiger charge is -2.24. The highest BCUT2D eigenvalue weighted by Gasteiger charge is 2.39. The Balaban J connectivity index is 2.01. The second-order valence-electron chi connectivity index (χ2n) is 4.74. The molecular weight excluding hydrogens is 276 g/mol. The normalized spacial score (nSPS) is 13.4. The van der Waals surface area contributed by atoms with E-state index in [0.29, 0.717) is 0 Å². The van der Waals surface area contributed by atoms with Gasteiger partial charge in [-0.05, 0) is 19.1 Å². The molecule has 2 rings (SSSR count).